The Kier molecular flexibility index (Phi) is 4.58. The van der Waals surface area contributed by atoms with E-state index in [2.05, 4.69) is 19.8 Å². The van der Waals surface area contributed by atoms with Gasteiger partial charge in [0.1, 0.15) is 0 Å². The number of morpholine rings is 1. The highest BCUT2D eigenvalue weighted by Gasteiger charge is 2.21. The van der Waals surface area contributed by atoms with Crippen LogP contribution in [0.3, 0.4) is 0 Å². The quantitative estimate of drug-likeness (QED) is 0.706. The number of rotatable bonds is 5. The maximum atomic E-state index is 12.5. The van der Waals surface area contributed by atoms with Gasteiger partial charge in [0.2, 0.25) is 11.0 Å². The summed E-state index contributed by atoms with van der Waals surface area (Å²) in [6, 6.07) is 10.00. The number of anilines is 2. The lowest BCUT2D eigenvalue weighted by molar-refractivity contribution is 0.122. The van der Waals surface area contributed by atoms with E-state index in [0.717, 1.165) is 18.8 Å². The van der Waals surface area contributed by atoms with Crippen LogP contribution in [0.25, 0.3) is 11.7 Å². The Labute approximate surface area is 156 Å². The highest BCUT2D eigenvalue weighted by molar-refractivity contribution is 7.92. The Hall–Kier alpha value is -2.85. The minimum Gasteiger partial charge on any atom is -0.438 e. The zero-order valence-electron chi connectivity index (χ0n) is 14.6. The molecule has 0 bridgehead atoms. The van der Waals surface area contributed by atoms with Gasteiger partial charge in [-0.1, -0.05) is 0 Å². The third-order valence-electron chi connectivity index (χ3n) is 4.08. The molecule has 4 rings (SSSR count). The van der Waals surface area contributed by atoms with Crippen molar-refractivity contribution >= 4 is 21.4 Å². The Bertz CT molecular complexity index is 1020. The summed E-state index contributed by atoms with van der Waals surface area (Å²) in [7, 11) is -3.87. The van der Waals surface area contributed by atoms with Crippen molar-refractivity contribution in [2.24, 2.45) is 0 Å². The summed E-state index contributed by atoms with van der Waals surface area (Å²) in [6.07, 6.45) is 0. The lowest BCUT2D eigenvalue weighted by atomic mass is 10.2. The second-order valence-corrected chi connectivity index (χ2v) is 7.61. The zero-order valence-corrected chi connectivity index (χ0v) is 15.4. The maximum Gasteiger partial charge on any atom is 0.295 e. The molecule has 0 radical (unpaired) electrons. The summed E-state index contributed by atoms with van der Waals surface area (Å²) >= 11 is 0. The number of aromatic nitrogens is 2. The van der Waals surface area contributed by atoms with Gasteiger partial charge in [-0.25, -0.2) is 0 Å². The van der Waals surface area contributed by atoms with Crippen molar-refractivity contribution in [1.29, 1.82) is 0 Å². The molecule has 0 spiro atoms. The molecular weight excluding hydrogens is 372 g/mol. The molecule has 0 amide bonds. The molecule has 1 saturated heterocycles. The van der Waals surface area contributed by atoms with Crippen molar-refractivity contribution in [2.45, 2.75) is 12.0 Å². The Morgan fingerprint density at radius 1 is 1.00 bits per heavy atom. The van der Waals surface area contributed by atoms with E-state index in [4.69, 9.17) is 13.6 Å². The molecule has 0 unspecified atom stereocenters. The van der Waals surface area contributed by atoms with Crippen LogP contribution in [0.15, 0.2) is 50.3 Å². The smallest absolute Gasteiger partial charge is 0.295 e. The van der Waals surface area contributed by atoms with Crippen LogP contribution < -0.4 is 9.62 Å². The molecule has 0 aliphatic carbocycles. The first-order chi connectivity index (χ1) is 13.0. The van der Waals surface area contributed by atoms with Crippen LogP contribution in [0, 0.1) is 6.92 Å². The number of hydrogen-bond donors (Lipinski definition) is 1. The van der Waals surface area contributed by atoms with Crippen molar-refractivity contribution in [3.63, 3.8) is 0 Å². The highest BCUT2D eigenvalue weighted by atomic mass is 32.2. The summed E-state index contributed by atoms with van der Waals surface area (Å²) in [4.78, 5) is 2.19. The van der Waals surface area contributed by atoms with Gasteiger partial charge in [0.15, 0.2) is 5.76 Å². The first kappa shape index (κ1) is 17.6. The van der Waals surface area contributed by atoms with Crippen molar-refractivity contribution in [1.82, 2.24) is 10.2 Å². The predicted octanol–water partition coefficient (Wildman–Crippen LogP) is 2.28. The van der Waals surface area contributed by atoms with Crippen LogP contribution in [0.5, 0.6) is 0 Å². The summed E-state index contributed by atoms with van der Waals surface area (Å²) in [5, 5.41) is 7.27. The van der Waals surface area contributed by atoms with Crippen LogP contribution >= 0.6 is 0 Å². The number of benzene rings is 1. The molecule has 0 atom stereocenters. The minimum atomic E-state index is -3.87. The van der Waals surface area contributed by atoms with Crippen LogP contribution in [-0.2, 0) is 14.8 Å². The zero-order chi connectivity index (χ0) is 18.9. The molecule has 3 aromatic rings. The molecule has 2 aromatic heterocycles. The minimum absolute atomic E-state index is 0.129. The SMILES string of the molecule is Cc1nnc(-c2ccc(S(=O)(=O)Nc3ccc(N4CCOCC4)cc3)o2)o1. The molecule has 1 aliphatic rings. The van der Waals surface area contributed by atoms with Gasteiger partial charge in [0.05, 0.1) is 13.2 Å². The van der Waals surface area contributed by atoms with Gasteiger partial charge in [-0.05, 0) is 36.4 Å². The standard InChI is InChI=1S/C17H18N4O5S/c1-12-18-19-17(25-12)15-6-7-16(26-15)27(22,23)20-13-2-4-14(5-3-13)21-8-10-24-11-9-21/h2-7,20H,8-11H2,1H3. The molecule has 1 aromatic carbocycles. The van der Waals surface area contributed by atoms with Gasteiger partial charge >= 0.3 is 0 Å². The second kappa shape index (κ2) is 7.05. The third-order valence-corrected chi connectivity index (χ3v) is 5.33. The fraction of sp³-hybridized carbons (Fsp3) is 0.294. The Morgan fingerprint density at radius 3 is 2.41 bits per heavy atom. The summed E-state index contributed by atoms with van der Waals surface area (Å²) in [5.74, 6) is 0.687. The van der Waals surface area contributed by atoms with E-state index in [0.29, 0.717) is 24.8 Å². The lowest BCUT2D eigenvalue weighted by Gasteiger charge is -2.28. The van der Waals surface area contributed by atoms with Gasteiger partial charge in [0.25, 0.3) is 15.9 Å². The first-order valence-corrected chi connectivity index (χ1v) is 9.85. The van der Waals surface area contributed by atoms with Gasteiger partial charge in [0, 0.05) is 31.4 Å². The largest absolute Gasteiger partial charge is 0.438 e. The lowest BCUT2D eigenvalue weighted by Crippen LogP contribution is -2.36. The van der Waals surface area contributed by atoms with E-state index in [1.54, 1.807) is 19.1 Å². The van der Waals surface area contributed by atoms with Crippen LogP contribution in [0.4, 0.5) is 11.4 Å². The van der Waals surface area contributed by atoms with Crippen LogP contribution in [0.2, 0.25) is 0 Å². The Balaban J connectivity index is 1.49. The van der Waals surface area contributed by atoms with E-state index in [1.807, 2.05) is 12.1 Å². The van der Waals surface area contributed by atoms with Crippen molar-refractivity contribution < 1.29 is 22.0 Å². The average Bonchev–Trinajstić information content (AvgIpc) is 3.32. The van der Waals surface area contributed by atoms with Crippen molar-refractivity contribution in [2.75, 3.05) is 35.9 Å². The topological polar surface area (TPSA) is 111 Å². The maximum absolute atomic E-state index is 12.5. The molecule has 1 fully saturated rings. The number of hydrogen-bond acceptors (Lipinski definition) is 8. The first-order valence-electron chi connectivity index (χ1n) is 8.37. The van der Waals surface area contributed by atoms with Crippen LogP contribution in [0.1, 0.15) is 5.89 Å². The summed E-state index contributed by atoms with van der Waals surface area (Å²) in [5.41, 5.74) is 1.46. The normalized spacial score (nSPS) is 15.1. The highest BCUT2D eigenvalue weighted by Crippen LogP contribution is 2.26. The fourth-order valence-electron chi connectivity index (χ4n) is 2.74. The monoisotopic (exact) mass is 390 g/mol. The number of sulfonamides is 1. The van der Waals surface area contributed by atoms with Crippen molar-refractivity contribution in [3.05, 3.63) is 42.3 Å². The number of nitrogens with zero attached hydrogens (tertiary/aromatic N) is 3. The molecule has 27 heavy (non-hydrogen) atoms. The second-order valence-electron chi connectivity index (χ2n) is 6.00. The van der Waals surface area contributed by atoms with E-state index >= 15 is 0 Å². The molecule has 1 aliphatic heterocycles. The van der Waals surface area contributed by atoms with Crippen molar-refractivity contribution in [3.8, 4) is 11.7 Å². The Morgan fingerprint density at radius 2 is 1.74 bits per heavy atom. The van der Waals surface area contributed by atoms with E-state index in [1.165, 1.54) is 12.1 Å². The number of nitrogens with one attached hydrogen (secondary N) is 1. The number of furan rings is 1. The molecule has 10 heteroatoms. The van der Waals surface area contributed by atoms with Gasteiger partial charge < -0.3 is 18.5 Å². The summed E-state index contributed by atoms with van der Waals surface area (Å²) < 4.78 is 43.5. The van der Waals surface area contributed by atoms with E-state index in [9.17, 15) is 8.42 Å². The van der Waals surface area contributed by atoms with E-state index in [-0.39, 0.29) is 16.7 Å². The third kappa shape index (κ3) is 3.81. The van der Waals surface area contributed by atoms with Crippen LogP contribution in [-0.4, -0.2) is 44.9 Å². The molecular formula is C17H18N4O5S. The predicted molar refractivity (Wildman–Crippen MR) is 97.0 cm³/mol. The molecule has 9 nitrogen and oxygen atoms in total. The molecule has 3 heterocycles. The average molecular weight is 390 g/mol. The molecule has 0 saturated carbocycles. The van der Waals surface area contributed by atoms with Gasteiger partial charge in [-0.3, -0.25) is 4.72 Å². The number of aryl methyl sites for hydroxylation is 1. The van der Waals surface area contributed by atoms with Gasteiger partial charge in [-0.15, -0.1) is 10.2 Å². The fourth-order valence-corrected chi connectivity index (χ4v) is 3.74. The molecule has 1 N–H and O–H groups in total. The number of ether oxygens (including phenoxy) is 1. The summed E-state index contributed by atoms with van der Waals surface area (Å²) in [6.45, 7) is 4.65. The van der Waals surface area contributed by atoms with E-state index < -0.39 is 10.0 Å². The molecule has 142 valence electrons. The van der Waals surface area contributed by atoms with Gasteiger partial charge in [-0.2, -0.15) is 8.42 Å².